The predicted molar refractivity (Wildman–Crippen MR) is 87.5 cm³/mol. The maximum absolute atomic E-state index is 6.38. The van der Waals surface area contributed by atoms with E-state index in [1.54, 1.807) is 14.2 Å². The lowest BCUT2D eigenvalue weighted by Gasteiger charge is -2.28. The van der Waals surface area contributed by atoms with E-state index in [1.807, 2.05) is 13.1 Å². The minimum atomic E-state index is 0.270. The molecule has 1 unspecified atom stereocenters. The van der Waals surface area contributed by atoms with Crippen LogP contribution in [0.15, 0.2) is 12.1 Å². The van der Waals surface area contributed by atoms with Crippen molar-refractivity contribution in [3.8, 4) is 11.5 Å². The van der Waals surface area contributed by atoms with E-state index in [4.69, 9.17) is 21.1 Å². The topological polar surface area (TPSA) is 30.5 Å². The molecule has 0 heterocycles. The van der Waals surface area contributed by atoms with Crippen LogP contribution >= 0.6 is 11.6 Å². The van der Waals surface area contributed by atoms with E-state index in [9.17, 15) is 0 Å². The largest absolute Gasteiger partial charge is 0.495 e. The van der Waals surface area contributed by atoms with Gasteiger partial charge in [-0.1, -0.05) is 43.7 Å². The third kappa shape index (κ3) is 3.83. The van der Waals surface area contributed by atoms with Crippen LogP contribution in [-0.4, -0.2) is 21.3 Å². The molecule has 1 N–H and O–H groups in total. The van der Waals surface area contributed by atoms with Gasteiger partial charge in [0.1, 0.15) is 16.5 Å². The zero-order valence-corrected chi connectivity index (χ0v) is 14.0. The summed E-state index contributed by atoms with van der Waals surface area (Å²) in [6.07, 6.45) is 7.92. The molecule has 1 saturated carbocycles. The average Bonchev–Trinajstić information content (AvgIpc) is 2.53. The molecule has 0 amide bonds. The fourth-order valence-electron chi connectivity index (χ4n) is 3.35. The molecular formula is C17H26ClNO2. The molecule has 1 aromatic carbocycles. The molecule has 3 nitrogen and oxygen atoms in total. The second kappa shape index (κ2) is 7.90. The van der Waals surface area contributed by atoms with Gasteiger partial charge in [0, 0.05) is 11.6 Å². The highest BCUT2D eigenvalue weighted by atomic mass is 35.5. The number of methoxy groups -OCH3 is 2. The SMILES string of the molecule is CNC(CC1CCCCC1)c1ccc(OC)c(Cl)c1OC. The number of hydrogen-bond acceptors (Lipinski definition) is 3. The van der Waals surface area contributed by atoms with Gasteiger partial charge in [0.15, 0.2) is 0 Å². The van der Waals surface area contributed by atoms with Gasteiger partial charge < -0.3 is 14.8 Å². The molecule has 0 aromatic heterocycles. The molecule has 0 aliphatic heterocycles. The van der Waals surface area contributed by atoms with E-state index in [0.717, 1.165) is 23.7 Å². The van der Waals surface area contributed by atoms with E-state index in [2.05, 4.69) is 11.4 Å². The molecule has 21 heavy (non-hydrogen) atoms. The van der Waals surface area contributed by atoms with Gasteiger partial charge in [-0.3, -0.25) is 0 Å². The van der Waals surface area contributed by atoms with Crippen LogP contribution in [0.2, 0.25) is 5.02 Å². The lowest BCUT2D eigenvalue weighted by molar-refractivity contribution is 0.301. The van der Waals surface area contributed by atoms with Crippen LogP contribution in [-0.2, 0) is 0 Å². The van der Waals surface area contributed by atoms with Crippen molar-refractivity contribution in [3.63, 3.8) is 0 Å². The number of benzene rings is 1. The zero-order valence-electron chi connectivity index (χ0n) is 13.2. The molecule has 0 bridgehead atoms. The fourth-order valence-corrected chi connectivity index (χ4v) is 3.68. The lowest BCUT2D eigenvalue weighted by atomic mass is 9.83. The molecule has 2 rings (SSSR count). The van der Waals surface area contributed by atoms with E-state index < -0.39 is 0 Å². The van der Waals surface area contributed by atoms with Gasteiger partial charge in [-0.2, -0.15) is 0 Å². The fraction of sp³-hybridized carbons (Fsp3) is 0.647. The van der Waals surface area contributed by atoms with Crippen molar-refractivity contribution < 1.29 is 9.47 Å². The van der Waals surface area contributed by atoms with Crippen LogP contribution in [0.1, 0.15) is 50.1 Å². The first-order chi connectivity index (χ1) is 10.2. The Bertz CT molecular complexity index is 458. The van der Waals surface area contributed by atoms with Crippen molar-refractivity contribution in [1.29, 1.82) is 0 Å². The van der Waals surface area contributed by atoms with Crippen LogP contribution in [0.4, 0.5) is 0 Å². The zero-order chi connectivity index (χ0) is 15.2. The highest BCUT2D eigenvalue weighted by Crippen LogP contribution is 2.41. The van der Waals surface area contributed by atoms with Crippen molar-refractivity contribution >= 4 is 11.6 Å². The van der Waals surface area contributed by atoms with Crippen molar-refractivity contribution in [2.75, 3.05) is 21.3 Å². The number of nitrogens with one attached hydrogen (secondary N) is 1. The molecule has 0 spiro atoms. The Morgan fingerprint density at radius 3 is 2.48 bits per heavy atom. The maximum atomic E-state index is 6.38. The summed E-state index contributed by atoms with van der Waals surface area (Å²) in [7, 11) is 5.29. The van der Waals surface area contributed by atoms with Crippen LogP contribution in [0, 0.1) is 5.92 Å². The van der Waals surface area contributed by atoms with Crippen molar-refractivity contribution in [3.05, 3.63) is 22.7 Å². The highest BCUT2D eigenvalue weighted by molar-refractivity contribution is 6.33. The van der Waals surface area contributed by atoms with Gasteiger partial charge in [0.05, 0.1) is 14.2 Å². The molecule has 0 saturated heterocycles. The first-order valence-electron chi connectivity index (χ1n) is 7.78. The third-order valence-corrected chi connectivity index (χ3v) is 4.89. The quantitative estimate of drug-likeness (QED) is 0.833. The van der Waals surface area contributed by atoms with Crippen LogP contribution in [0.3, 0.4) is 0 Å². The predicted octanol–water partition coefficient (Wildman–Crippen LogP) is 4.59. The number of hydrogen-bond donors (Lipinski definition) is 1. The summed E-state index contributed by atoms with van der Waals surface area (Å²) in [5, 5.41) is 3.98. The summed E-state index contributed by atoms with van der Waals surface area (Å²) in [4.78, 5) is 0. The van der Waals surface area contributed by atoms with Crippen LogP contribution in [0.25, 0.3) is 0 Å². The highest BCUT2D eigenvalue weighted by Gasteiger charge is 2.23. The Kier molecular flexibility index (Phi) is 6.19. The van der Waals surface area contributed by atoms with Gasteiger partial charge in [0.2, 0.25) is 0 Å². The monoisotopic (exact) mass is 311 g/mol. The van der Waals surface area contributed by atoms with Gasteiger partial charge in [-0.15, -0.1) is 0 Å². The van der Waals surface area contributed by atoms with E-state index >= 15 is 0 Å². The Hall–Kier alpha value is -0.930. The van der Waals surface area contributed by atoms with E-state index in [0.29, 0.717) is 10.8 Å². The molecular weight excluding hydrogens is 286 g/mol. The Labute approximate surface area is 133 Å². The molecule has 4 heteroatoms. The standard InChI is InChI=1S/C17H26ClNO2/c1-19-14(11-12-7-5-4-6-8-12)13-9-10-15(20-2)16(18)17(13)21-3/h9-10,12,14,19H,4-8,11H2,1-3H3. The first kappa shape index (κ1) is 16.4. The lowest BCUT2D eigenvalue weighted by Crippen LogP contribution is -2.22. The second-order valence-electron chi connectivity index (χ2n) is 5.79. The van der Waals surface area contributed by atoms with Crippen LogP contribution < -0.4 is 14.8 Å². The van der Waals surface area contributed by atoms with Gasteiger partial charge in [-0.05, 0) is 31.5 Å². The Balaban J connectivity index is 2.22. The molecule has 1 aromatic rings. The third-order valence-electron chi connectivity index (χ3n) is 4.53. The summed E-state index contributed by atoms with van der Waals surface area (Å²) < 4.78 is 10.8. The minimum Gasteiger partial charge on any atom is -0.495 e. The second-order valence-corrected chi connectivity index (χ2v) is 6.16. The molecule has 1 aliphatic rings. The molecule has 118 valence electrons. The smallest absolute Gasteiger partial charge is 0.146 e. The van der Waals surface area contributed by atoms with Crippen LogP contribution in [0.5, 0.6) is 11.5 Å². The first-order valence-corrected chi connectivity index (χ1v) is 8.16. The molecule has 0 radical (unpaired) electrons. The van der Waals surface area contributed by atoms with Crippen molar-refractivity contribution in [2.24, 2.45) is 5.92 Å². The minimum absolute atomic E-state index is 0.270. The normalized spacial score (nSPS) is 17.5. The average molecular weight is 312 g/mol. The molecule has 1 atom stereocenters. The summed E-state index contributed by atoms with van der Waals surface area (Å²) in [6.45, 7) is 0. The summed E-state index contributed by atoms with van der Waals surface area (Å²) in [5.41, 5.74) is 1.12. The summed E-state index contributed by atoms with van der Waals surface area (Å²) >= 11 is 6.38. The maximum Gasteiger partial charge on any atom is 0.146 e. The molecule has 1 aliphatic carbocycles. The van der Waals surface area contributed by atoms with Gasteiger partial charge in [0.25, 0.3) is 0 Å². The number of halogens is 1. The number of ether oxygens (including phenoxy) is 2. The molecule has 1 fully saturated rings. The Morgan fingerprint density at radius 2 is 1.90 bits per heavy atom. The van der Waals surface area contributed by atoms with Gasteiger partial charge >= 0.3 is 0 Å². The Morgan fingerprint density at radius 1 is 1.19 bits per heavy atom. The summed E-state index contributed by atoms with van der Waals surface area (Å²) in [5.74, 6) is 2.18. The summed E-state index contributed by atoms with van der Waals surface area (Å²) in [6, 6.07) is 4.25. The van der Waals surface area contributed by atoms with E-state index in [1.165, 1.54) is 32.1 Å². The van der Waals surface area contributed by atoms with Crippen molar-refractivity contribution in [2.45, 2.75) is 44.6 Å². The van der Waals surface area contributed by atoms with E-state index in [-0.39, 0.29) is 6.04 Å². The van der Waals surface area contributed by atoms with Crippen molar-refractivity contribution in [1.82, 2.24) is 5.32 Å². The van der Waals surface area contributed by atoms with Gasteiger partial charge in [-0.25, -0.2) is 0 Å². The number of rotatable bonds is 6.